The Kier molecular flexibility index (Phi) is 5.95. The highest BCUT2D eigenvalue weighted by molar-refractivity contribution is 7.98. The molecule has 2 aliphatic heterocycles. The van der Waals surface area contributed by atoms with Gasteiger partial charge in [0, 0.05) is 24.9 Å². The topological polar surface area (TPSA) is 57.7 Å². The SMILES string of the molecule is CSCC[C@H](C(=O)N1CCCCCC1)N1C(=O)[C@@H]2C3c4ccccc4C(c4ccccc43)[C@H]2C1=O. The van der Waals surface area contributed by atoms with Gasteiger partial charge in [0.15, 0.2) is 0 Å². The zero-order valence-electron chi connectivity index (χ0n) is 20.2. The summed E-state index contributed by atoms with van der Waals surface area (Å²) in [6.45, 7) is 1.44. The van der Waals surface area contributed by atoms with Crippen molar-refractivity contribution in [3.63, 3.8) is 0 Å². The smallest absolute Gasteiger partial charge is 0.245 e. The Morgan fingerprint density at radius 2 is 1.29 bits per heavy atom. The molecule has 0 radical (unpaired) electrons. The summed E-state index contributed by atoms with van der Waals surface area (Å²) in [5.74, 6) is -0.701. The predicted molar refractivity (Wildman–Crippen MR) is 137 cm³/mol. The third kappa shape index (κ3) is 3.47. The zero-order chi connectivity index (χ0) is 24.1. The van der Waals surface area contributed by atoms with Gasteiger partial charge >= 0.3 is 0 Å². The molecule has 2 heterocycles. The lowest BCUT2D eigenvalue weighted by molar-refractivity contribution is -0.151. The molecule has 0 saturated carbocycles. The first-order valence-electron chi connectivity index (χ1n) is 13.0. The summed E-state index contributed by atoms with van der Waals surface area (Å²) < 4.78 is 0. The second-order valence-corrected chi connectivity index (χ2v) is 11.3. The van der Waals surface area contributed by atoms with Crippen LogP contribution in [0.4, 0.5) is 0 Å². The van der Waals surface area contributed by atoms with Crippen LogP contribution in [-0.2, 0) is 14.4 Å². The number of likely N-dealkylation sites (tertiary alicyclic amines) is 2. The predicted octanol–water partition coefficient (Wildman–Crippen LogP) is 4.40. The number of benzene rings is 2. The van der Waals surface area contributed by atoms with Gasteiger partial charge in [0.05, 0.1) is 11.8 Å². The van der Waals surface area contributed by atoms with Crippen molar-refractivity contribution in [2.45, 2.75) is 50.0 Å². The molecular formula is C29H32N2O3S. The van der Waals surface area contributed by atoms with Crippen LogP contribution >= 0.6 is 11.8 Å². The van der Waals surface area contributed by atoms with E-state index in [2.05, 4.69) is 24.3 Å². The quantitative estimate of drug-likeness (QED) is 0.586. The summed E-state index contributed by atoms with van der Waals surface area (Å²) in [5.41, 5.74) is 4.67. The maximum atomic E-state index is 14.1. The van der Waals surface area contributed by atoms with E-state index in [0.29, 0.717) is 6.42 Å². The highest BCUT2D eigenvalue weighted by atomic mass is 32.2. The van der Waals surface area contributed by atoms with E-state index in [9.17, 15) is 14.4 Å². The van der Waals surface area contributed by atoms with Crippen LogP contribution in [0.3, 0.4) is 0 Å². The van der Waals surface area contributed by atoms with Crippen molar-refractivity contribution in [3.8, 4) is 0 Å². The zero-order valence-corrected chi connectivity index (χ0v) is 21.0. The van der Waals surface area contributed by atoms with Crippen LogP contribution in [0.15, 0.2) is 48.5 Å². The van der Waals surface area contributed by atoms with Gasteiger partial charge in [0.25, 0.3) is 0 Å². The van der Waals surface area contributed by atoms with Gasteiger partial charge in [-0.05, 0) is 53.5 Å². The summed E-state index contributed by atoms with van der Waals surface area (Å²) in [6.07, 6.45) is 6.76. The van der Waals surface area contributed by atoms with Crippen LogP contribution in [-0.4, -0.2) is 58.7 Å². The van der Waals surface area contributed by atoms with Gasteiger partial charge in [-0.2, -0.15) is 11.8 Å². The monoisotopic (exact) mass is 488 g/mol. The van der Waals surface area contributed by atoms with Crippen LogP contribution in [0.1, 0.15) is 66.2 Å². The molecule has 7 rings (SSSR count). The molecule has 3 aliphatic carbocycles. The number of rotatable bonds is 5. The lowest BCUT2D eigenvalue weighted by atomic mass is 9.55. The number of amides is 3. The van der Waals surface area contributed by atoms with E-state index in [-0.39, 0.29) is 29.6 Å². The minimum Gasteiger partial charge on any atom is -0.341 e. The van der Waals surface area contributed by atoms with Gasteiger partial charge in [-0.15, -0.1) is 0 Å². The van der Waals surface area contributed by atoms with E-state index in [0.717, 1.165) is 44.5 Å². The maximum Gasteiger partial charge on any atom is 0.245 e. The minimum atomic E-state index is -0.697. The van der Waals surface area contributed by atoms with E-state index >= 15 is 0 Å². The van der Waals surface area contributed by atoms with E-state index in [4.69, 9.17) is 0 Å². The second-order valence-electron chi connectivity index (χ2n) is 10.3. The third-order valence-corrected chi connectivity index (χ3v) is 9.24. The summed E-state index contributed by atoms with van der Waals surface area (Å²) >= 11 is 1.66. The molecule has 3 amide bonds. The van der Waals surface area contributed by atoms with E-state index in [1.807, 2.05) is 35.4 Å². The molecular weight excluding hydrogens is 456 g/mol. The van der Waals surface area contributed by atoms with Crippen LogP contribution in [0.25, 0.3) is 0 Å². The van der Waals surface area contributed by atoms with Crippen molar-refractivity contribution in [2.24, 2.45) is 11.8 Å². The summed E-state index contributed by atoms with van der Waals surface area (Å²) in [6, 6.07) is 15.9. The Morgan fingerprint density at radius 3 is 1.71 bits per heavy atom. The van der Waals surface area contributed by atoms with E-state index in [1.165, 1.54) is 27.2 Å². The van der Waals surface area contributed by atoms with Crippen molar-refractivity contribution < 1.29 is 14.4 Å². The number of carbonyl (C=O) groups excluding carboxylic acids is 3. The first-order chi connectivity index (χ1) is 17.1. The van der Waals surface area contributed by atoms with Crippen molar-refractivity contribution in [2.75, 3.05) is 25.1 Å². The number of hydrogen-bond donors (Lipinski definition) is 0. The van der Waals surface area contributed by atoms with Crippen molar-refractivity contribution >= 4 is 29.5 Å². The second kappa shape index (κ2) is 9.12. The van der Waals surface area contributed by atoms with Gasteiger partial charge < -0.3 is 4.90 Å². The van der Waals surface area contributed by atoms with Gasteiger partial charge in [-0.3, -0.25) is 19.3 Å². The van der Waals surface area contributed by atoms with Crippen LogP contribution in [0, 0.1) is 11.8 Å². The summed E-state index contributed by atoms with van der Waals surface area (Å²) in [5, 5.41) is 0. The number of carbonyl (C=O) groups is 3. The molecule has 0 unspecified atom stereocenters. The molecule has 2 aromatic carbocycles. The summed E-state index contributed by atoms with van der Waals surface area (Å²) in [7, 11) is 0. The lowest BCUT2D eigenvalue weighted by Gasteiger charge is -2.45. The average Bonchev–Trinajstić information content (AvgIpc) is 3.06. The molecule has 6 heteroatoms. The van der Waals surface area contributed by atoms with E-state index < -0.39 is 17.9 Å². The molecule has 0 spiro atoms. The number of hydrogen-bond acceptors (Lipinski definition) is 4. The largest absolute Gasteiger partial charge is 0.341 e. The molecule has 5 nitrogen and oxygen atoms in total. The van der Waals surface area contributed by atoms with Crippen LogP contribution in [0.5, 0.6) is 0 Å². The minimum absolute atomic E-state index is 0.0383. The molecule has 2 bridgehead atoms. The van der Waals surface area contributed by atoms with Crippen LogP contribution in [0.2, 0.25) is 0 Å². The Labute approximate surface area is 211 Å². The fourth-order valence-corrected chi connectivity index (χ4v) is 7.56. The molecule has 0 aromatic heterocycles. The molecule has 35 heavy (non-hydrogen) atoms. The summed E-state index contributed by atoms with van der Waals surface area (Å²) in [4.78, 5) is 45.4. The van der Waals surface area contributed by atoms with Crippen molar-refractivity contribution in [1.29, 1.82) is 0 Å². The molecule has 182 valence electrons. The first kappa shape index (κ1) is 22.8. The highest BCUT2D eigenvalue weighted by Gasteiger charge is 2.63. The molecule has 2 saturated heterocycles. The van der Waals surface area contributed by atoms with Gasteiger partial charge in [-0.1, -0.05) is 61.4 Å². The highest BCUT2D eigenvalue weighted by Crippen LogP contribution is 2.61. The van der Waals surface area contributed by atoms with Crippen molar-refractivity contribution in [1.82, 2.24) is 9.80 Å². The maximum absolute atomic E-state index is 14.1. The van der Waals surface area contributed by atoms with Gasteiger partial charge in [-0.25, -0.2) is 0 Å². The normalized spacial score (nSPS) is 27.8. The number of imide groups is 1. The standard InChI is InChI=1S/C29H32N2O3S/c1-35-17-14-22(27(32)30-15-8-2-3-9-16-30)31-28(33)25-23-18-10-4-5-11-19(18)24(26(25)29(31)34)21-13-7-6-12-20(21)23/h4-7,10-13,22-26H,2-3,8-9,14-17H2,1H3/t22-,23?,24?,25-,26-/m1/s1. The Morgan fingerprint density at radius 1 is 0.829 bits per heavy atom. The van der Waals surface area contributed by atoms with E-state index in [1.54, 1.807) is 11.8 Å². The fraction of sp³-hybridized carbons (Fsp3) is 0.483. The number of thioether (sulfide) groups is 1. The van der Waals surface area contributed by atoms with Gasteiger partial charge in [0.2, 0.25) is 17.7 Å². The molecule has 0 N–H and O–H groups in total. The fourth-order valence-electron chi connectivity index (χ4n) is 7.10. The molecule has 3 atom stereocenters. The molecule has 5 aliphatic rings. The Hall–Kier alpha value is -2.60. The number of nitrogens with zero attached hydrogens (tertiary/aromatic N) is 2. The van der Waals surface area contributed by atoms with Gasteiger partial charge in [0.1, 0.15) is 6.04 Å². The van der Waals surface area contributed by atoms with Crippen molar-refractivity contribution in [3.05, 3.63) is 70.8 Å². The van der Waals surface area contributed by atoms with Crippen LogP contribution < -0.4 is 0 Å². The average molecular weight is 489 g/mol. The first-order valence-corrected chi connectivity index (χ1v) is 14.3. The lowest BCUT2D eigenvalue weighted by Crippen LogP contribution is -2.52. The Bertz CT molecular complexity index is 1060. The Balaban J connectivity index is 1.41. The molecule has 2 aromatic rings. The third-order valence-electron chi connectivity index (χ3n) is 8.59. The molecule has 2 fully saturated rings.